The number of alkyl halides is 3. The topological polar surface area (TPSA) is 66.5 Å². The van der Waals surface area contributed by atoms with Crippen LogP contribution in [0.1, 0.15) is 13.8 Å². The molecule has 0 saturated carbocycles. The van der Waals surface area contributed by atoms with E-state index in [0.717, 1.165) is 6.92 Å². The van der Waals surface area contributed by atoms with E-state index in [1.54, 1.807) is 0 Å². The van der Waals surface area contributed by atoms with Crippen LogP contribution in [0.3, 0.4) is 0 Å². The highest BCUT2D eigenvalue weighted by molar-refractivity contribution is 7.70. The molecule has 0 bridgehead atoms. The van der Waals surface area contributed by atoms with E-state index in [2.05, 4.69) is 11.9 Å². The van der Waals surface area contributed by atoms with Crippen LogP contribution >= 0.6 is 0 Å². The van der Waals surface area contributed by atoms with Crippen molar-refractivity contribution in [2.45, 2.75) is 26.1 Å². The monoisotopic (exact) mass is 350 g/mol. The second-order valence-electron chi connectivity index (χ2n) is 4.69. The Hall–Kier alpha value is -2.03. The summed E-state index contributed by atoms with van der Waals surface area (Å²) in [4.78, 5) is 11.0. The third-order valence-electron chi connectivity index (χ3n) is 3.08. The lowest BCUT2D eigenvalue weighted by Gasteiger charge is -2.37. The summed E-state index contributed by atoms with van der Waals surface area (Å²) in [7, 11) is -3.54. The van der Waals surface area contributed by atoms with Crippen molar-refractivity contribution < 1.29 is 26.4 Å². The summed E-state index contributed by atoms with van der Waals surface area (Å²) < 4.78 is 63.5. The number of rotatable bonds is 4. The van der Waals surface area contributed by atoms with E-state index < -0.39 is 35.6 Å². The van der Waals surface area contributed by atoms with Gasteiger partial charge >= 0.3 is 6.18 Å². The molecule has 128 valence electrons. The minimum Gasteiger partial charge on any atom is -0.353 e. The normalized spacial score (nSPS) is 22.4. The van der Waals surface area contributed by atoms with Gasteiger partial charge in [-0.15, -0.1) is 0 Å². The molecule has 0 aromatic heterocycles. The van der Waals surface area contributed by atoms with E-state index in [-0.39, 0.29) is 16.8 Å². The number of nitrogens with zero attached hydrogens (tertiary/aromatic N) is 1. The molecule has 1 heterocycles. The molecule has 1 N–H and O–H groups in total. The first-order valence-corrected chi connectivity index (χ1v) is 7.71. The van der Waals surface area contributed by atoms with Crippen LogP contribution < -0.4 is 5.32 Å². The fourth-order valence-electron chi connectivity index (χ4n) is 2.25. The van der Waals surface area contributed by atoms with Crippen molar-refractivity contribution in [2.24, 2.45) is 0 Å². The first-order valence-electron chi connectivity index (χ1n) is 6.58. The van der Waals surface area contributed by atoms with Crippen LogP contribution in [0.15, 0.2) is 47.7 Å². The van der Waals surface area contributed by atoms with Gasteiger partial charge in [0.05, 0.1) is 5.70 Å². The van der Waals surface area contributed by atoms with Gasteiger partial charge in [-0.1, -0.05) is 24.8 Å². The Balaban J connectivity index is 3.56. The van der Waals surface area contributed by atoms with E-state index in [0.29, 0.717) is 4.31 Å². The zero-order chi connectivity index (χ0) is 17.8. The van der Waals surface area contributed by atoms with Gasteiger partial charge in [-0.05, 0) is 24.1 Å². The molecule has 1 atom stereocenters. The molecule has 0 unspecified atom stereocenters. The summed E-state index contributed by atoms with van der Waals surface area (Å²) in [5.41, 5.74) is -0.0944. The van der Waals surface area contributed by atoms with Crippen molar-refractivity contribution in [3.05, 3.63) is 47.7 Å². The SMILES string of the molecule is C=C/C=C1/C=C(CNC(C)=O)[C@@H](C(F)(F)F)N([SH](=O)=O)/C1=C/C. The third-order valence-corrected chi connectivity index (χ3v) is 3.88. The molecule has 1 rings (SSSR count). The largest absolute Gasteiger partial charge is 0.413 e. The second kappa shape index (κ2) is 7.49. The molecule has 1 amide bonds. The zero-order valence-electron chi connectivity index (χ0n) is 12.6. The minimum absolute atomic E-state index is 0.0880. The Morgan fingerprint density at radius 3 is 2.48 bits per heavy atom. The van der Waals surface area contributed by atoms with Crippen LogP contribution in [0.25, 0.3) is 0 Å². The van der Waals surface area contributed by atoms with Gasteiger partial charge in [0.15, 0.2) is 6.04 Å². The van der Waals surface area contributed by atoms with Gasteiger partial charge < -0.3 is 5.32 Å². The fraction of sp³-hybridized carbons (Fsp3) is 0.357. The number of thiol groups is 1. The van der Waals surface area contributed by atoms with Crippen molar-refractivity contribution in [2.75, 3.05) is 6.54 Å². The maximum Gasteiger partial charge on any atom is 0.413 e. The Morgan fingerprint density at radius 1 is 1.48 bits per heavy atom. The highest BCUT2D eigenvalue weighted by Gasteiger charge is 2.49. The second-order valence-corrected chi connectivity index (χ2v) is 5.59. The van der Waals surface area contributed by atoms with Crippen LogP contribution in [-0.4, -0.2) is 37.4 Å². The fourth-order valence-corrected chi connectivity index (χ4v) is 3.12. The lowest BCUT2D eigenvalue weighted by molar-refractivity contribution is -0.158. The summed E-state index contributed by atoms with van der Waals surface area (Å²) in [5, 5.41) is 2.27. The number of carbonyl (C=O) groups excluding carboxylic acids is 1. The molecule has 0 radical (unpaired) electrons. The number of nitrogens with one attached hydrogen (secondary N) is 1. The molecule has 0 aromatic rings. The van der Waals surface area contributed by atoms with Gasteiger partial charge in [-0.3, -0.25) is 9.10 Å². The molecule has 1 aliphatic rings. The standard InChI is InChI=1S/C14H17F3N2O3S/c1-4-6-10-7-11(8-18-9(3)20)13(14(15,16)17)19(23(21)22)12(10)5-2/h4-7,13,23H,1,8H2,2-3H3,(H,18,20)/b10-6-,12-5+/t13-/m0/s1. The smallest absolute Gasteiger partial charge is 0.353 e. The molecule has 0 aromatic carbocycles. The van der Waals surface area contributed by atoms with E-state index in [1.165, 1.54) is 31.2 Å². The molecular formula is C14H17F3N2O3S. The molecule has 0 saturated heterocycles. The van der Waals surface area contributed by atoms with Crippen LogP contribution in [0.4, 0.5) is 13.2 Å². The number of allylic oxidation sites excluding steroid dienone is 4. The van der Waals surface area contributed by atoms with Gasteiger partial charge in [0.25, 0.3) is 0 Å². The van der Waals surface area contributed by atoms with Gasteiger partial charge in [0, 0.05) is 13.5 Å². The summed E-state index contributed by atoms with van der Waals surface area (Å²) in [6, 6.07) is -2.36. The van der Waals surface area contributed by atoms with E-state index >= 15 is 0 Å². The molecule has 1 aliphatic heterocycles. The minimum atomic E-state index is -4.83. The summed E-state index contributed by atoms with van der Waals surface area (Å²) in [5.74, 6) is -0.518. The lowest BCUT2D eigenvalue weighted by atomic mass is 9.95. The zero-order valence-corrected chi connectivity index (χ0v) is 13.4. The van der Waals surface area contributed by atoms with Gasteiger partial charge in [0.2, 0.25) is 16.8 Å². The first-order chi connectivity index (χ1) is 10.6. The molecule has 0 aliphatic carbocycles. The quantitative estimate of drug-likeness (QED) is 0.761. The molecule has 23 heavy (non-hydrogen) atoms. The van der Waals surface area contributed by atoms with Gasteiger partial charge in [0.1, 0.15) is 0 Å². The number of hydrogen-bond donors (Lipinski definition) is 2. The number of hydrogen-bond acceptors (Lipinski definition) is 3. The van der Waals surface area contributed by atoms with Crippen LogP contribution in [0.5, 0.6) is 0 Å². The summed E-state index contributed by atoms with van der Waals surface area (Å²) in [6.45, 7) is 5.66. The van der Waals surface area contributed by atoms with Gasteiger partial charge in [-0.2, -0.15) is 13.2 Å². The maximum absolute atomic E-state index is 13.4. The summed E-state index contributed by atoms with van der Waals surface area (Å²) in [6.07, 6.45) is 0.426. The Morgan fingerprint density at radius 2 is 2.09 bits per heavy atom. The number of halogens is 3. The van der Waals surface area contributed by atoms with E-state index in [9.17, 15) is 26.4 Å². The number of carbonyl (C=O) groups is 1. The van der Waals surface area contributed by atoms with E-state index in [1.807, 2.05) is 0 Å². The Labute approximate surface area is 133 Å². The molecule has 0 spiro atoms. The Kier molecular flexibility index (Phi) is 6.20. The van der Waals surface area contributed by atoms with Crippen LogP contribution in [0, 0.1) is 0 Å². The third kappa shape index (κ3) is 4.47. The van der Waals surface area contributed by atoms with Crippen LogP contribution in [0.2, 0.25) is 0 Å². The van der Waals surface area contributed by atoms with Crippen molar-refractivity contribution in [1.29, 1.82) is 0 Å². The van der Waals surface area contributed by atoms with Crippen molar-refractivity contribution in [3.63, 3.8) is 0 Å². The predicted octanol–water partition coefficient (Wildman–Crippen LogP) is 1.84. The highest BCUT2D eigenvalue weighted by atomic mass is 32.2. The summed E-state index contributed by atoms with van der Waals surface area (Å²) >= 11 is 0. The average molecular weight is 350 g/mol. The lowest BCUT2D eigenvalue weighted by Crippen LogP contribution is -2.50. The van der Waals surface area contributed by atoms with Crippen molar-refractivity contribution >= 4 is 16.8 Å². The maximum atomic E-state index is 13.4. The molecule has 5 nitrogen and oxygen atoms in total. The first kappa shape index (κ1) is 19.0. The van der Waals surface area contributed by atoms with Crippen molar-refractivity contribution in [3.8, 4) is 0 Å². The molecular weight excluding hydrogens is 333 g/mol. The van der Waals surface area contributed by atoms with Crippen molar-refractivity contribution in [1.82, 2.24) is 9.62 Å². The number of amides is 1. The van der Waals surface area contributed by atoms with Crippen LogP contribution in [-0.2, 0) is 15.7 Å². The average Bonchev–Trinajstić information content (AvgIpc) is 2.42. The van der Waals surface area contributed by atoms with E-state index in [4.69, 9.17) is 0 Å². The highest BCUT2D eigenvalue weighted by Crippen LogP contribution is 2.38. The van der Waals surface area contributed by atoms with Gasteiger partial charge in [-0.25, -0.2) is 8.42 Å². The Bertz CT molecular complexity index is 653. The predicted molar refractivity (Wildman–Crippen MR) is 80.8 cm³/mol. The molecule has 9 heteroatoms. The molecule has 0 fully saturated rings.